The van der Waals surface area contributed by atoms with E-state index in [1.54, 1.807) is 11.8 Å². The highest BCUT2D eigenvalue weighted by Gasteiger charge is 2.28. The lowest BCUT2D eigenvalue weighted by molar-refractivity contribution is -0.150. The first-order valence-electron chi connectivity index (χ1n) is 6.86. The number of nitrogens with zero attached hydrogens (tertiary/aromatic N) is 1. The molecule has 0 aromatic rings. The highest BCUT2D eigenvalue weighted by molar-refractivity contribution is 5.70. The molecule has 6 heteroatoms. The molecule has 1 atom stereocenters. The fourth-order valence-electron chi connectivity index (χ4n) is 1.81. The number of amides is 1. The predicted molar refractivity (Wildman–Crippen MR) is 68.8 cm³/mol. The van der Waals surface area contributed by atoms with Gasteiger partial charge in [-0.25, -0.2) is 9.59 Å². The van der Waals surface area contributed by atoms with Crippen LogP contribution in [0.2, 0.25) is 0 Å². The quantitative estimate of drug-likeness (QED) is 0.520. The third kappa shape index (κ3) is 5.92. The van der Waals surface area contributed by atoms with Gasteiger partial charge in [-0.1, -0.05) is 13.3 Å². The van der Waals surface area contributed by atoms with Crippen LogP contribution in [0.1, 0.15) is 33.1 Å². The lowest BCUT2D eigenvalue weighted by Gasteiger charge is -2.16. The first-order valence-corrected chi connectivity index (χ1v) is 6.86. The van der Waals surface area contributed by atoms with Gasteiger partial charge in [0.05, 0.1) is 25.9 Å². The summed E-state index contributed by atoms with van der Waals surface area (Å²) >= 11 is 0. The van der Waals surface area contributed by atoms with E-state index < -0.39 is 0 Å². The molecule has 0 bridgehead atoms. The third-order valence-corrected chi connectivity index (χ3v) is 2.87. The summed E-state index contributed by atoms with van der Waals surface area (Å²) in [6, 6.07) is 0. The second-order valence-corrected chi connectivity index (χ2v) is 4.44. The fourth-order valence-corrected chi connectivity index (χ4v) is 1.81. The second kappa shape index (κ2) is 8.74. The van der Waals surface area contributed by atoms with Gasteiger partial charge in [-0.2, -0.15) is 0 Å². The van der Waals surface area contributed by atoms with Crippen LogP contribution in [0, 0.1) is 0 Å². The number of ether oxygens (including phenoxy) is 3. The largest absolute Gasteiger partial charge is 0.464 e. The SMILES string of the molecule is CCCCOC(=O)N1CC[C@H](OCC(=O)OCC)C1. The maximum absolute atomic E-state index is 11.7. The Morgan fingerprint density at radius 3 is 2.74 bits per heavy atom. The molecule has 1 fully saturated rings. The minimum absolute atomic E-state index is 0.0583. The molecule has 6 nitrogen and oxygen atoms in total. The number of likely N-dealkylation sites (tertiary alicyclic amines) is 1. The molecule has 19 heavy (non-hydrogen) atoms. The highest BCUT2D eigenvalue weighted by atomic mass is 16.6. The van der Waals surface area contributed by atoms with Crippen molar-refractivity contribution >= 4 is 12.1 Å². The van der Waals surface area contributed by atoms with E-state index in [-0.39, 0.29) is 24.8 Å². The molecule has 0 N–H and O–H groups in total. The van der Waals surface area contributed by atoms with Crippen molar-refractivity contribution in [1.29, 1.82) is 0 Å². The topological polar surface area (TPSA) is 65.1 Å². The average Bonchev–Trinajstić information content (AvgIpc) is 2.86. The van der Waals surface area contributed by atoms with Crippen LogP contribution in [0.4, 0.5) is 4.79 Å². The second-order valence-electron chi connectivity index (χ2n) is 4.44. The molecule has 1 heterocycles. The Morgan fingerprint density at radius 1 is 1.26 bits per heavy atom. The van der Waals surface area contributed by atoms with E-state index in [4.69, 9.17) is 14.2 Å². The lowest BCUT2D eigenvalue weighted by Crippen LogP contribution is -2.31. The van der Waals surface area contributed by atoms with E-state index >= 15 is 0 Å². The van der Waals surface area contributed by atoms with Crippen LogP contribution in [0.3, 0.4) is 0 Å². The van der Waals surface area contributed by atoms with Crippen molar-refractivity contribution in [2.24, 2.45) is 0 Å². The van der Waals surface area contributed by atoms with Crippen LogP contribution < -0.4 is 0 Å². The summed E-state index contributed by atoms with van der Waals surface area (Å²) in [7, 11) is 0. The maximum Gasteiger partial charge on any atom is 0.409 e. The van der Waals surface area contributed by atoms with Gasteiger partial charge in [0.25, 0.3) is 0 Å². The summed E-state index contributed by atoms with van der Waals surface area (Å²) in [6.45, 7) is 5.63. The average molecular weight is 273 g/mol. The number of rotatable bonds is 7. The van der Waals surface area contributed by atoms with Crippen molar-refractivity contribution < 1.29 is 23.8 Å². The molecule has 0 spiro atoms. The van der Waals surface area contributed by atoms with Gasteiger partial charge >= 0.3 is 12.1 Å². The molecule has 1 aliphatic heterocycles. The maximum atomic E-state index is 11.7. The van der Waals surface area contributed by atoms with Crippen molar-refractivity contribution in [3.8, 4) is 0 Å². The molecule has 0 saturated carbocycles. The van der Waals surface area contributed by atoms with E-state index in [0.717, 1.165) is 19.3 Å². The van der Waals surface area contributed by atoms with Gasteiger partial charge in [-0.3, -0.25) is 0 Å². The predicted octanol–water partition coefficient (Wildman–Crippen LogP) is 1.58. The zero-order valence-corrected chi connectivity index (χ0v) is 11.7. The van der Waals surface area contributed by atoms with Crippen LogP contribution in [0.25, 0.3) is 0 Å². The standard InChI is InChI=1S/C13H23NO5/c1-3-5-8-18-13(16)14-7-6-11(9-14)19-10-12(15)17-4-2/h11H,3-10H2,1-2H3/t11-/m0/s1. The van der Waals surface area contributed by atoms with Gasteiger partial charge in [-0.05, 0) is 19.8 Å². The van der Waals surface area contributed by atoms with Crippen molar-refractivity contribution in [3.05, 3.63) is 0 Å². The van der Waals surface area contributed by atoms with Gasteiger partial charge in [0.2, 0.25) is 0 Å². The van der Waals surface area contributed by atoms with Gasteiger partial charge in [0.15, 0.2) is 0 Å². The van der Waals surface area contributed by atoms with E-state index in [1.165, 1.54) is 0 Å². The van der Waals surface area contributed by atoms with Crippen LogP contribution in [-0.4, -0.2) is 56.0 Å². The van der Waals surface area contributed by atoms with Gasteiger partial charge in [-0.15, -0.1) is 0 Å². The number of hydrogen-bond acceptors (Lipinski definition) is 5. The molecule has 0 aromatic heterocycles. The molecule has 110 valence electrons. The van der Waals surface area contributed by atoms with E-state index in [0.29, 0.717) is 26.3 Å². The summed E-state index contributed by atoms with van der Waals surface area (Å²) in [5, 5.41) is 0. The Kier molecular flexibility index (Phi) is 7.25. The van der Waals surface area contributed by atoms with E-state index in [9.17, 15) is 9.59 Å². The monoisotopic (exact) mass is 273 g/mol. The Bertz CT molecular complexity index is 295. The summed E-state index contributed by atoms with van der Waals surface area (Å²) in [5.41, 5.74) is 0. The van der Waals surface area contributed by atoms with Crippen molar-refractivity contribution in [1.82, 2.24) is 4.90 Å². The molecule has 0 radical (unpaired) electrons. The molecule has 0 aromatic carbocycles. The van der Waals surface area contributed by atoms with Gasteiger partial charge < -0.3 is 19.1 Å². The summed E-state index contributed by atoms with van der Waals surface area (Å²) in [5.74, 6) is -0.369. The lowest BCUT2D eigenvalue weighted by atomic mass is 10.3. The summed E-state index contributed by atoms with van der Waals surface area (Å²) in [6.07, 6.45) is 2.20. The zero-order chi connectivity index (χ0) is 14.1. The molecule has 1 rings (SSSR count). The zero-order valence-electron chi connectivity index (χ0n) is 11.7. The number of carbonyl (C=O) groups excluding carboxylic acids is 2. The molecular weight excluding hydrogens is 250 g/mol. The van der Waals surface area contributed by atoms with Gasteiger partial charge in [0, 0.05) is 6.54 Å². The minimum Gasteiger partial charge on any atom is -0.464 e. The summed E-state index contributed by atoms with van der Waals surface area (Å²) < 4.78 is 15.3. The first kappa shape index (κ1) is 15.8. The summed E-state index contributed by atoms with van der Waals surface area (Å²) in [4.78, 5) is 24.4. The van der Waals surface area contributed by atoms with Crippen molar-refractivity contribution in [3.63, 3.8) is 0 Å². The fraction of sp³-hybridized carbons (Fsp3) is 0.846. The Hall–Kier alpha value is -1.30. The molecular formula is C13H23NO5. The minimum atomic E-state index is -0.369. The number of esters is 1. The number of hydrogen-bond donors (Lipinski definition) is 0. The van der Waals surface area contributed by atoms with Crippen molar-refractivity contribution in [2.45, 2.75) is 39.2 Å². The van der Waals surface area contributed by atoms with Crippen LogP contribution in [0.5, 0.6) is 0 Å². The van der Waals surface area contributed by atoms with Crippen LogP contribution in [0.15, 0.2) is 0 Å². The number of unbranched alkanes of at least 4 members (excludes halogenated alkanes) is 1. The Balaban J connectivity index is 2.18. The Labute approximate surface area is 114 Å². The molecule has 1 aliphatic rings. The van der Waals surface area contributed by atoms with E-state index in [2.05, 4.69) is 0 Å². The van der Waals surface area contributed by atoms with Gasteiger partial charge in [0.1, 0.15) is 6.61 Å². The first-order chi connectivity index (χ1) is 9.17. The number of carbonyl (C=O) groups is 2. The van der Waals surface area contributed by atoms with Crippen LogP contribution in [-0.2, 0) is 19.0 Å². The highest BCUT2D eigenvalue weighted by Crippen LogP contribution is 2.14. The smallest absolute Gasteiger partial charge is 0.409 e. The van der Waals surface area contributed by atoms with Crippen LogP contribution >= 0.6 is 0 Å². The van der Waals surface area contributed by atoms with E-state index in [1.807, 2.05) is 6.92 Å². The molecule has 1 amide bonds. The Morgan fingerprint density at radius 2 is 2.05 bits per heavy atom. The molecule has 0 unspecified atom stereocenters. The third-order valence-electron chi connectivity index (χ3n) is 2.87. The van der Waals surface area contributed by atoms with Crippen molar-refractivity contribution in [2.75, 3.05) is 32.9 Å². The molecule has 1 saturated heterocycles. The normalized spacial score (nSPS) is 18.4. The molecule has 0 aliphatic carbocycles.